The number of rotatable bonds is 11. The second-order valence-corrected chi connectivity index (χ2v) is 5.94. The number of ether oxygens (including phenoxy) is 1. The minimum Gasteiger partial charge on any atom is -0.406 e. The van der Waals surface area contributed by atoms with Crippen molar-refractivity contribution < 1.29 is 17.9 Å². The number of nitrogens with zero attached hydrogens (tertiary/aromatic N) is 1. The summed E-state index contributed by atoms with van der Waals surface area (Å²) in [6, 6.07) is 6.03. The summed E-state index contributed by atoms with van der Waals surface area (Å²) < 4.78 is 40.2. The second kappa shape index (κ2) is 10.4. The Morgan fingerprint density at radius 3 is 1.91 bits per heavy atom. The molecule has 0 unspecified atom stereocenters. The molecule has 1 rings (SSSR count). The maximum atomic E-state index is 12.1. The molecular formula is C18H28F3NO. The van der Waals surface area contributed by atoms with Crippen LogP contribution in [-0.4, -0.2) is 20.0 Å². The highest BCUT2D eigenvalue weighted by Gasteiger charge is 2.30. The van der Waals surface area contributed by atoms with Crippen molar-refractivity contribution >= 4 is 5.69 Å². The zero-order valence-corrected chi connectivity index (χ0v) is 14.2. The van der Waals surface area contributed by atoms with Gasteiger partial charge in [0.1, 0.15) is 5.75 Å². The van der Waals surface area contributed by atoms with Gasteiger partial charge in [0.25, 0.3) is 0 Å². The number of benzene rings is 1. The van der Waals surface area contributed by atoms with E-state index in [1.165, 1.54) is 57.1 Å². The summed E-state index contributed by atoms with van der Waals surface area (Å²) in [6.45, 7) is 3.13. The van der Waals surface area contributed by atoms with Crippen LogP contribution >= 0.6 is 0 Å². The molecule has 23 heavy (non-hydrogen) atoms. The average Bonchev–Trinajstić information content (AvgIpc) is 2.49. The number of anilines is 1. The maximum Gasteiger partial charge on any atom is 0.573 e. The van der Waals surface area contributed by atoms with E-state index >= 15 is 0 Å². The van der Waals surface area contributed by atoms with Gasteiger partial charge in [-0.05, 0) is 30.7 Å². The molecule has 0 saturated carbocycles. The molecule has 0 bridgehead atoms. The largest absolute Gasteiger partial charge is 0.573 e. The van der Waals surface area contributed by atoms with E-state index in [1.54, 1.807) is 12.1 Å². The van der Waals surface area contributed by atoms with Gasteiger partial charge < -0.3 is 9.64 Å². The van der Waals surface area contributed by atoms with E-state index in [4.69, 9.17) is 0 Å². The summed E-state index contributed by atoms with van der Waals surface area (Å²) in [6.07, 6.45) is 5.49. The standard InChI is InChI=1S/C18H28F3NO/c1-3-4-5-6-7-8-9-10-15-22(2)16-11-13-17(14-12-16)23-18(19,20)21/h11-14H,3-10,15H2,1-2H3. The molecule has 0 heterocycles. The van der Waals surface area contributed by atoms with Crippen LogP contribution in [0.15, 0.2) is 24.3 Å². The second-order valence-electron chi connectivity index (χ2n) is 5.94. The van der Waals surface area contributed by atoms with Crippen molar-refractivity contribution in [1.29, 1.82) is 0 Å². The highest BCUT2D eigenvalue weighted by molar-refractivity contribution is 5.48. The van der Waals surface area contributed by atoms with Gasteiger partial charge in [-0.25, -0.2) is 0 Å². The molecule has 0 aliphatic carbocycles. The Labute approximate surface area is 137 Å². The van der Waals surface area contributed by atoms with E-state index < -0.39 is 6.36 Å². The zero-order valence-electron chi connectivity index (χ0n) is 14.2. The smallest absolute Gasteiger partial charge is 0.406 e. The van der Waals surface area contributed by atoms with Crippen LogP contribution in [-0.2, 0) is 0 Å². The molecule has 0 amide bonds. The number of halogens is 3. The van der Waals surface area contributed by atoms with Crippen LogP contribution in [0.25, 0.3) is 0 Å². The van der Waals surface area contributed by atoms with Gasteiger partial charge in [-0.2, -0.15) is 0 Å². The minimum absolute atomic E-state index is 0.179. The molecule has 0 saturated heterocycles. The van der Waals surface area contributed by atoms with Gasteiger partial charge in [0.05, 0.1) is 0 Å². The van der Waals surface area contributed by atoms with E-state index in [1.807, 2.05) is 7.05 Å². The van der Waals surface area contributed by atoms with E-state index in [2.05, 4.69) is 16.6 Å². The van der Waals surface area contributed by atoms with Gasteiger partial charge in [0.2, 0.25) is 0 Å². The fraction of sp³-hybridized carbons (Fsp3) is 0.667. The first-order valence-corrected chi connectivity index (χ1v) is 8.49. The molecule has 0 fully saturated rings. The predicted octanol–water partition coefficient (Wildman–Crippen LogP) is 6.16. The summed E-state index contributed by atoms with van der Waals surface area (Å²) in [5.74, 6) is -0.179. The third kappa shape index (κ3) is 9.36. The molecule has 1 aromatic carbocycles. The summed E-state index contributed by atoms with van der Waals surface area (Å²) >= 11 is 0. The number of hydrogen-bond acceptors (Lipinski definition) is 2. The molecule has 0 radical (unpaired) electrons. The van der Waals surface area contributed by atoms with Gasteiger partial charge >= 0.3 is 6.36 Å². The number of alkyl halides is 3. The lowest BCUT2D eigenvalue weighted by molar-refractivity contribution is -0.274. The highest BCUT2D eigenvalue weighted by atomic mass is 19.4. The Kier molecular flexibility index (Phi) is 8.89. The van der Waals surface area contributed by atoms with Gasteiger partial charge in [-0.15, -0.1) is 13.2 Å². The molecule has 0 aliphatic heterocycles. The van der Waals surface area contributed by atoms with Crippen LogP contribution in [0, 0.1) is 0 Å². The maximum absolute atomic E-state index is 12.1. The molecule has 0 spiro atoms. The highest BCUT2D eigenvalue weighted by Crippen LogP contribution is 2.25. The quantitative estimate of drug-likeness (QED) is 0.450. The van der Waals surface area contributed by atoms with Gasteiger partial charge in [0, 0.05) is 19.3 Å². The molecule has 0 atom stereocenters. The van der Waals surface area contributed by atoms with Crippen molar-refractivity contribution in [3.8, 4) is 5.75 Å². The SMILES string of the molecule is CCCCCCCCCCN(C)c1ccc(OC(F)(F)F)cc1. The summed E-state index contributed by atoms with van der Waals surface area (Å²) in [4.78, 5) is 2.06. The molecule has 0 aliphatic rings. The fourth-order valence-electron chi connectivity index (χ4n) is 2.51. The normalized spacial score (nSPS) is 11.5. The Morgan fingerprint density at radius 2 is 1.39 bits per heavy atom. The number of hydrogen-bond donors (Lipinski definition) is 0. The van der Waals surface area contributed by atoms with E-state index in [9.17, 15) is 13.2 Å². The first-order chi connectivity index (χ1) is 10.9. The summed E-state index contributed by atoms with van der Waals surface area (Å²) in [7, 11) is 1.96. The molecule has 1 aromatic rings. The first kappa shape index (κ1) is 19.7. The molecule has 2 nitrogen and oxygen atoms in total. The van der Waals surface area contributed by atoms with Gasteiger partial charge in [-0.1, -0.05) is 51.9 Å². The molecular weight excluding hydrogens is 303 g/mol. The first-order valence-electron chi connectivity index (χ1n) is 8.49. The zero-order chi connectivity index (χ0) is 17.1. The molecule has 0 N–H and O–H groups in total. The molecule has 132 valence electrons. The van der Waals surface area contributed by atoms with Crippen LogP contribution in [0.3, 0.4) is 0 Å². The van der Waals surface area contributed by atoms with Crippen LogP contribution in [0.5, 0.6) is 5.75 Å². The lowest BCUT2D eigenvalue weighted by Gasteiger charge is -2.19. The molecule has 0 aromatic heterocycles. The predicted molar refractivity (Wildman–Crippen MR) is 89.0 cm³/mol. The van der Waals surface area contributed by atoms with Crippen molar-refractivity contribution in [3.05, 3.63) is 24.3 Å². The van der Waals surface area contributed by atoms with Crippen LogP contribution in [0.4, 0.5) is 18.9 Å². The van der Waals surface area contributed by atoms with Crippen LogP contribution in [0.1, 0.15) is 58.3 Å². The summed E-state index contributed by atoms with van der Waals surface area (Å²) in [5, 5.41) is 0. The topological polar surface area (TPSA) is 12.5 Å². The Hall–Kier alpha value is -1.39. The Balaban J connectivity index is 2.20. The van der Waals surface area contributed by atoms with E-state index in [0.29, 0.717) is 0 Å². The molecule has 5 heteroatoms. The minimum atomic E-state index is -4.63. The summed E-state index contributed by atoms with van der Waals surface area (Å²) in [5.41, 5.74) is 0.905. The van der Waals surface area contributed by atoms with Crippen LogP contribution < -0.4 is 9.64 Å². The lowest BCUT2D eigenvalue weighted by Crippen LogP contribution is -2.19. The van der Waals surface area contributed by atoms with Gasteiger partial charge in [-0.3, -0.25) is 0 Å². The Bertz CT molecular complexity index is 417. The van der Waals surface area contributed by atoms with Crippen molar-refractivity contribution in [2.45, 2.75) is 64.7 Å². The van der Waals surface area contributed by atoms with Crippen molar-refractivity contribution in [3.63, 3.8) is 0 Å². The third-order valence-corrected chi connectivity index (χ3v) is 3.86. The Morgan fingerprint density at radius 1 is 0.870 bits per heavy atom. The van der Waals surface area contributed by atoms with E-state index in [-0.39, 0.29) is 5.75 Å². The lowest BCUT2D eigenvalue weighted by atomic mass is 10.1. The monoisotopic (exact) mass is 331 g/mol. The van der Waals surface area contributed by atoms with Crippen LogP contribution in [0.2, 0.25) is 0 Å². The van der Waals surface area contributed by atoms with E-state index in [0.717, 1.165) is 18.7 Å². The third-order valence-electron chi connectivity index (χ3n) is 3.86. The fourth-order valence-corrected chi connectivity index (χ4v) is 2.51. The average molecular weight is 331 g/mol. The van der Waals surface area contributed by atoms with Gasteiger partial charge in [0.15, 0.2) is 0 Å². The van der Waals surface area contributed by atoms with Crippen molar-refractivity contribution in [2.24, 2.45) is 0 Å². The van der Waals surface area contributed by atoms with Crippen molar-refractivity contribution in [1.82, 2.24) is 0 Å². The van der Waals surface area contributed by atoms with Crippen molar-refractivity contribution in [2.75, 3.05) is 18.5 Å². The number of unbranched alkanes of at least 4 members (excludes halogenated alkanes) is 7.